The third-order valence-corrected chi connectivity index (χ3v) is 3.00. The van der Waals surface area contributed by atoms with Crippen LogP contribution in [0.2, 0.25) is 0 Å². The fraction of sp³-hybridized carbons (Fsp3) is 1.00. The predicted molar refractivity (Wildman–Crippen MR) is 59.4 cm³/mol. The highest BCUT2D eigenvalue weighted by Gasteiger charge is 2.15. The van der Waals surface area contributed by atoms with Crippen molar-refractivity contribution in [1.82, 2.24) is 4.72 Å². The lowest BCUT2D eigenvalue weighted by Crippen LogP contribution is -2.30. The second-order valence-corrected chi connectivity index (χ2v) is 3.94. The Morgan fingerprint density at radius 1 is 1.17 bits per heavy atom. The van der Waals surface area contributed by atoms with Crippen LogP contribution in [0.15, 0.2) is 0 Å². The van der Waals surface area contributed by atoms with E-state index in [1.165, 1.54) is 25.7 Å². The topological polar surface area (TPSA) is 12.0 Å². The van der Waals surface area contributed by atoms with Crippen molar-refractivity contribution < 1.29 is 0 Å². The molecule has 0 rings (SSSR count). The van der Waals surface area contributed by atoms with Gasteiger partial charge in [0.2, 0.25) is 0 Å². The van der Waals surface area contributed by atoms with Crippen LogP contribution in [-0.4, -0.2) is 12.3 Å². The van der Waals surface area contributed by atoms with E-state index < -0.39 is 0 Å². The van der Waals surface area contributed by atoms with E-state index in [2.05, 4.69) is 31.7 Å². The molecule has 1 N–H and O–H groups in total. The molecule has 2 heteroatoms. The molecule has 0 aliphatic rings. The van der Waals surface area contributed by atoms with Gasteiger partial charge in [0.25, 0.3) is 0 Å². The number of rotatable bonds is 7. The first-order chi connectivity index (χ1) is 5.79. The van der Waals surface area contributed by atoms with Gasteiger partial charge in [0.1, 0.15) is 0 Å². The summed E-state index contributed by atoms with van der Waals surface area (Å²) in [4.78, 5) is 0. The minimum atomic E-state index is 0.713. The summed E-state index contributed by atoms with van der Waals surface area (Å²) in [5.41, 5.74) is 0. The van der Waals surface area contributed by atoms with E-state index in [4.69, 9.17) is 0 Å². The highest BCUT2D eigenvalue weighted by atomic mass is 32.2. The fourth-order valence-corrected chi connectivity index (χ4v) is 2.39. The Kier molecular flexibility index (Phi) is 8.14. The van der Waals surface area contributed by atoms with E-state index in [0.29, 0.717) is 6.04 Å². The summed E-state index contributed by atoms with van der Waals surface area (Å²) in [6, 6.07) is 0.713. The molecule has 0 radical (unpaired) electrons. The first-order valence-electron chi connectivity index (χ1n) is 5.08. The van der Waals surface area contributed by atoms with Crippen LogP contribution in [0.5, 0.6) is 0 Å². The van der Waals surface area contributed by atoms with Crippen molar-refractivity contribution >= 4 is 11.9 Å². The molecule has 12 heavy (non-hydrogen) atoms. The van der Waals surface area contributed by atoms with Crippen LogP contribution in [0.1, 0.15) is 46.5 Å². The summed E-state index contributed by atoms with van der Waals surface area (Å²) in [5.74, 6) is 0.868. The number of nitrogens with one attached hydrogen (secondary N) is 1. The van der Waals surface area contributed by atoms with Gasteiger partial charge < -0.3 is 0 Å². The lowest BCUT2D eigenvalue weighted by Gasteiger charge is -2.24. The molecule has 0 amide bonds. The van der Waals surface area contributed by atoms with Crippen molar-refractivity contribution in [3.05, 3.63) is 0 Å². The van der Waals surface area contributed by atoms with Crippen LogP contribution in [0.3, 0.4) is 0 Å². The summed E-state index contributed by atoms with van der Waals surface area (Å²) < 4.78 is 3.48. The van der Waals surface area contributed by atoms with Gasteiger partial charge in [-0.2, -0.15) is 0 Å². The van der Waals surface area contributed by atoms with Gasteiger partial charge in [0.05, 0.1) is 0 Å². The van der Waals surface area contributed by atoms with Crippen LogP contribution in [0.25, 0.3) is 0 Å². The van der Waals surface area contributed by atoms with Crippen LogP contribution < -0.4 is 4.72 Å². The van der Waals surface area contributed by atoms with Crippen molar-refractivity contribution in [1.29, 1.82) is 0 Å². The highest BCUT2D eigenvalue weighted by Crippen LogP contribution is 2.19. The van der Waals surface area contributed by atoms with Crippen LogP contribution in [-0.2, 0) is 0 Å². The SMILES string of the molecule is CCCC(CC)[C@H](CC)NSC. The van der Waals surface area contributed by atoms with E-state index in [1.54, 1.807) is 11.9 Å². The van der Waals surface area contributed by atoms with Gasteiger partial charge in [-0.05, 0) is 25.0 Å². The normalized spacial score (nSPS) is 16.0. The molecule has 0 aliphatic heterocycles. The van der Waals surface area contributed by atoms with E-state index in [9.17, 15) is 0 Å². The Balaban J connectivity index is 3.84. The van der Waals surface area contributed by atoms with Gasteiger partial charge in [-0.1, -0.05) is 45.6 Å². The van der Waals surface area contributed by atoms with E-state index in [0.717, 1.165) is 5.92 Å². The highest BCUT2D eigenvalue weighted by molar-refractivity contribution is 7.96. The molecule has 0 bridgehead atoms. The molecule has 1 unspecified atom stereocenters. The monoisotopic (exact) mass is 189 g/mol. The molecule has 0 fully saturated rings. The van der Waals surface area contributed by atoms with Gasteiger partial charge in [0.15, 0.2) is 0 Å². The summed E-state index contributed by atoms with van der Waals surface area (Å²) in [7, 11) is 0. The van der Waals surface area contributed by atoms with Gasteiger partial charge in [-0.3, -0.25) is 4.72 Å². The molecule has 1 nitrogen and oxygen atoms in total. The van der Waals surface area contributed by atoms with E-state index >= 15 is 0 Å². The summed E-state index contributed by atoms with van der Waals surface area (Å²) in [6.45, 7) is 6.84. The Labute approximate surface area is 81.8 Å². The van der Waals surface area contributed by atoms with Crippen molar-refractivity contribution in [2.24, 2.45) is 5.92 Å². The van der Waals surface area contributed by atoms with Crippen LogP contribution >= 0.6 is 11.9 Å². The minimum Gasteiger partial charge on any atom is -0.261 e. The average Bonchev–Trinajstić information content (AvgIpc) is 2.11. The summed E-state index contributed by atoms with van der Waals surface area (Å²) in [5, 5.41) is 0. The summed E-state index contributed by atoms with van der Waals surface area (Å²) >= 11 is 1.75. The predicted octanol–water partition coefficient (Wildman–Crippen LogP) is 3.46. The van der Waals surface area contributed by atoms with Gasteiger partial charge in [-0.15, -0.1) is 0 Å². The van der Waals surface area contributed by atoms with E-state index in [-0.39, 0.29) is 0 Å². The zero-order valence-corrected chi connectivity index (χ0v) is 9.71. The third-order valence-electron chi connectivity index (χ3n) is 2.46. The molecular weight excluding hydrogens is 166 g/mol. The van der Waals surface area contributed by atoms with Crippen LogP contribution in [0.4, 0.5) is 0 Å². The molecule has 0 aromatic rings. The molecule has 0 spiro atoms. The Bertz CT molecular complexity index is 83.8. The van der Waals surface area contributed by atoms with Crippen molar-refractivity contribution in [2.75, 3.05) is 6.26 Å². The molecule has 2 atom stereocenters. The Morgan fingerprint density at radius 2 is 1.83 bits per heavy atom. The quantitative estimate of drug-likeness (QED) is 0.616. The first kappa shape index (κ1) is 12.3. The van der Waals surface area contributed by atoms with Gasteiger partial charge >= 0.3 is 0 Å². The Hall–Kier alpha value is 0.310. The standard InChI is InChI=1S/C10H23NS/c1-5-8-9(6-2)10(7-3)11-12-4/h9-11H,5-8H2,1-4H3/t9?,10-/m0/s1. The lowest BCUT2D eigenvalue weighted by molar-refractivity contribution is 0.355. The molecular formula is C10H23NS. The summed E-state index contributed by atoms with van der Waals surface area (Å²) in [6.07, 6.45) is 7.34. The average molecular weight is 189 g/mol. The minimum absolute atomic E-state index is 0.713. The maximum absolute atomic E-state index is 3.48. The maximum Gasteiger partial charge on any atom is 0.0197 e. The molecule has 0 saturated heterocycles. The molecule has 0 saturated carbocycles. The number of hydrogen-bond donors (Lipinski definition) is 1. The lowest BCUT2D eigenvalue weighted by atomic mass is 9.91. The number of hydrogen-bond acceptors (Lipinski definition) is 2. The van der Waals surface area contributed by atoms with Gasteiger partial charge in [0, 0.05) is 6.04 Å². The zero-order valence-electron chi connectivity index (χ0n) is 8.89. The largest absolute Gasteiger partial charge is 0.261 e. The molecule has 0 heterocycles. The molecule has 0 aromatic heterocycles. The second-order valence-electron chi connectivity index (χ2n) is 3.29. The molecule has 74 valence electrons. The van der Waals surface area contributed by atoms with Gasteiger partial charge in [-0.25, -0.2) is 0 Å². The smallest absolute Gasteiger partial charge is 0.0197 e. The third kappa shape index (κ3) is 4.36. The first-order valence-corrected chi connectivity index (χ1v) is 6.31. The molecule has 0 aromatic carbocycles. The van der Waals surface area contributed by atoms with Crippen molar-refractivity contribution in [3.63, 3.8) is 0 Å². The zero-order chi connectivity index (χ0) is 9.40. The fourth-order valence-electron chi connectivity index (χ4n) is 1.72. The van der Waals surface area contributed by atoms with Crippen LogP contribution in [0, 0.1) is 5.92 Å². The Morgan fingerprint density at radius 3 is 2.17 bits per heavy atom. The van der Waals surface area contributed by atoms with E-state index in [1.807, 2.05) is 0 Å². The molecule has 0 aliphatic carbocycles. The maximum atomic E-state index is 3.48. The van der Waals surface area contributed by atoms with Crippen molar-refractivity contribution in [2.45, 2.75) is 52.5 Å². The van der Waals surface area contributed by atoms with Crippen molar-refractivity contribution in [3.8, 4) is 0 Å². The second kappa shape index (κ2) is 7.93.